The van der Waals surface area contributed by atoms with E-state index >= 15 is 0 Å². The zero-order chi connectivity index (χ0) is 12.3. The van der Waals surface area contributed by atoms with Crippen molar-refractivity contribution in [3.05, 3.63) is 17.8 Å². The van der Waals surface area contributed by atoms with Gasteiger partial charge in [0.05, 0.1) is 5.69 Å². The number of nitrogens with two attached hydrogens (primary N) is 1. The molecule has 0 spiro atoms. The zero-order valence-corrected chi connectivity index (χ0v) is 10.2. The van der Waals surface area contributed by atoms with E-state index in [4.69, 9.17) is 10.8 Å². The predicted molar refractivity (Wildman–Crippen MR) is 69.6 cm³/mol. The van der Waals surface area contributed by atoms with Gasteiger partial charge in [-0.1, -0.05) is 0 Å². The van der Waals surface area contributed by atoms with E-state index in [2.05, 4.69) is 10.3 Å². The molecule has 1 aromatic heterocycles. The van der Waals surface area contributed by atoms with Crippen LogP contribution in [0.4, 0.5) is 11.5 Å². The van der Waals surface area contributed by atoms with Crippen LogP contribution in [0.1, 0.15) is 23.3 Å². The van der Waals surface area contributed by atoms with E-state index in [1.54, 1.807) is 6.07 Å². The molecule has 0 saturated carbocycles. The first-order valence-corrected chi connectivity index (χ1v) is 6.57. The largest absolute Gasteiger partial charge is 0.477 e. The SMILES string of the molecule is Nc1ccc(C(=O)O)nc1NCC1CCCS1. The summed E-state index contributed by atoms with van der Waals surface area (Å²) in [6, 6.07) is 2.98. The van der Waals surface area contributed by atoms with Gasteiger partial charge in [0, 0.05) is 11.8 Å². The van der Waals surface area contributed by atoms with Crippen LogP contribution in [-0.2, 0) is 0 Å². The normalized spacial score (nSPS) is 19.2. The summed E-state index contributed by atoms with van der Waals surface area (Å²) in [5.74, 6) is 0.630. The number of carbonyl (C=O) groups is 1. The minimum Gasteiger partial charge on any atom is -0.477 e. The summed E-state index contributed by atoms with van der Waals surface area (Å²) in [6.45, 7) is 0.783. The Bertz CT molecular complexity index is 419. The molecule has 0 amide bonds. The van der Waals surface area contributed by atoms with Crippen LogP contribution in [0.15, 0.2) is 12.1 Å². The smallest absolute Gasteiger partial charge is 0.354 e. The summed E-state index contributed by atoms with van der Waals surface area (Å²) < 4.78 is 0. The van der Waals surface area contributed by atoms with Crippen molar-refractivity contribution < 1.29 is 9.90 Å². The number of hydrogen-bond acceptors (Lipinski definition) is 5. The number of nitrogens with zero attached hydrogens (tertiary/aromatic N) is 1. The highest BCUT2D eigenvalue weighted by Crippen LogP contribution is 2.26. The van der Waals surface area contributed by atoms with Crippen LogP contribution in [0.25, 0.3) is 0 Å². The Kier molecular flexibility index (Phi) is 3.73. The number of nitrogen functional groups attached to an aromatic ring is 1. The number of thioether (sulfide) groups is 1. The van der Waals surface area contributed by atoms with Gasteiger partial charge in [-0.2, -0.15) is 11.8 Å². The number of carboxylic acid groups (broad SMARTS) is 1. The molecule has 1 aliphatic heterocycles. The summed E-state index contributed by atoms with van der Waals surface area (Å²) in [7, 11) is 0. The van der Waals surface area contributed by atoms with Gasteiger partial charge in [-0.05, 0) is 30.7 Å². The van der Waals surface area contributed by atoms with Crippen LogP contribution in [0.2, 0.25) is 0 Å². The molecule has 92 valence electrons. The molecule has 1 aromatic rings. The van der Waals surface area contributed by atoms with Gasteiger partial charge in [0.2, 0.25) is 0 Å². The van der Waals surface area contributed by atoms with E-state index < -0.39 is 5.97 Å². The van der Waals surface area contributed by atoms with Crippen molar-refractivity contribution in [2.75, 3.05) is 23.3 Å². The maximum atomic E-state index is 10.8. The highest BCUT2D eigenvalue weighted by molar-refractivity contribution is 8.00. The second kappa shape index (κ2) is 5.27. The van der Waals surface area contributed by atoms with Gasteiger partial charge in [-0.15, -0.1) is 0 Å². The number of rotatable bonds is 4. The van der Waals surface area contributed by atoms with Crippen LogP contribution >= 0.6 is 11.8 Å². The van der Waals surface area contributed by atoms with Crippen LogP contribution in [0.5, 0.6) is 0 Å². The van der Waals surface area contributed by atoms with Gasteiger partial charge < -0.3 is 16.2 Å². The zero-order valence-electron chi connectivity index (χ0n) is 9.35. The second-order valence-corrected chi connectivity index (χ2v) is 5.36. The molecule has 0 radical (unpaired) electrons. The summed E-state index contributed by atoms with van der Waals surface area (Å²) in [6.07, 6.45) is 2.44. The van der Waals surface area contributed by atoms with Crippen LogP contribution < -0.4 is 11.1 Å². The molecule has 2 rings (SSSR count). The Morgan fingerprint density at radius 3 is 3.12 bits per heavy atom. The van der Waals surface area contributed by atoms with Crippen molar-refractivity contribution >= 4 is 29.2 Å². The van der Waals surface area contributed by atoms with Gasteiger partial charge in [0.15, 0.2) is 5.69 Å². The van der Waals surface area contributed by atoms with Crippen molar-refractivity contribution in [3.63, 3.8) is 0 Å². The average molecular weight is 253 g/mol. The molecule has 1 fully saturated rings. The third-order valence-electron chi connectivity index (χ3n) is 2.67. The Labute approximate surface area is 104 Å². The van der Waals surface area contributed by atoms with E-state index in [1.807, 2.05) is 11.8 Å². The van der Waals surface area contributed by atoms with Gasteiger partial charge in [-0.25, -0.2) is 9.78 Å². The standard InChI is InChI=1S/C11H15N3O2S/c12-8-3-4-9(11(15)16)14-10(8)13-6-7-2-1-5-17-7/h3-4,7H,1-2,5-6,12H2,(H,13,14)(H,15,16). The van der Waals surface area contributed by atoms with Crippen molar-refractivity contribution in [1.29, 1.82) is 0 Å². The highest BCUT2D eigenvalue weighted by Gasteiger charge is 2.16. The number of pyridine rings is 1. The Hall–Kier alpha value is -1.43. The number of hydrogen-bond donors (Lipinski definition) is 3. The summed E-state index contributed by atoms with van der Waals surface area (Å²) >= 11 is 1.93. The lowest BCUT2D eigenvalue weighted by atomic mass is 10.2. The van der Waals surface area contributed by atoms with Crippen LogP contribution in [-0.4, -0.2) is 33.6 Å². The third kappa shape index (κ3) is 3.03. The topological polar surface area (TPSA) is 88.2 Å². The van der Waals surface area contributed by atoms with Gasteiger partial charge in [0.25, 0.3) is 0 Å². The minimum absolute atomic E-state index is 0.0146. The number of anilines is 2. The maximum Gasteiger partial charge on any atom is 0.354 e. The van der Waals surface area contributed by atoms with Crippen molar-refractivity contribution in [1.82, 2.24) is 4.98 Å². The lowest BCUT2D eigenvalue weighted by Gasteiger charge is -2.12. The molecule has 1 saturated heterocycles. The van der Waals surface area contributed by atoms with Crippen molar-refractivity contribution in [3.8, 4) is 0 Å². The average Bonchev–Trinajstić information content (AvgIpc) is 2.80. The lowest BCUT2D eigenvalue weighted by molar-refractivity contribution is 0.0690. The molecule has 2 heterocycles. The van der Waals surface area contributed by atoms with Gasteiger partial charge >= 0.3 is 5.97 Å². The molecule has 4 N–H and O–H groups in total. The number of carboxylic acids is 1. The van der Waals surface area contributed by atoms with E-state index in [0.29, 0.717) is 16.8 Å². The molecule has 1 aliphatic rings. The number of nitrogens with one attached hydrogen (secondary N) is 1. The van der Waals surface area contributed by atoms with Crippen molar-refractivity contribution in [2.45, 2.75) is 18.1 Å². The Balaban J connectivity index is 2.03. The Morgan fingerprint density at radius 2 is 2.47 bits per heavy atom. The van der Waals surface area contributed by atoms with Crippen LogP contribution in [0, 0.1) is 0 Å². The quantitative estimate of drug-likeness (QED) is 0.756. The lowest BCUT2D eigenvalue weighted by Crippen LogP contribution is -2.16. The predicted octanol–water partition coefficient (Wildman–Crippen LogP) is 1.67. The number of aromatic nitrogens is 1. The first kappa shape index (κ1) is 12.0. The molecule has 0 aliphatic carbocycles. The highest BCUT2D eigenvalue weighted by atomic mass is 32.2. The van der Waals surface area contributed by atoms with E-state index in [-0.39, 0.29) is 5.69 Å². The van der Waals surface area contributed by atoms with E-state index in [9.17, 15) is 4.79 Å². The number of aromatic carboxylic acids is 1. The fourth-order valence-corrected chi connectivity index (χ4v) is 2.95. The summed E-state index contributed by atoms with van der Waals surface area (Å²) in [5.41, 5.74) is 6.25. The van der Waals surface area contributed by atoms with Crippen LogP contribution in [0.3, 0.4) is 0 Å². The van der Waals surface area contributed by atoms with Gasteiger partial charge in [-0.3, -0.25) is 0 Å². The molecular formula is C11H15N3O2S. The maximum absolute atomic E-state index is 10.8. The van der Waals surface area contributed by atoms with E-state index in [0.717, 1.165) is 6.54 Å². The molecule has 0 bridgehead atoms. The third-order valence-corrected chi connectivity index (χ3v) is 4.06. The summed E-state index contributed by atoms with van der Waals surface area (Å²) in [5, 5.41) is 12.5. The summed E-state index contributed by atoms with van der Waals surface area (Å²) in [4.78, 5) is 14.8. The first-order valence-electron chi connectivity index (χ1n) is 5.52. The second-order valence-electron chi connectivity index (χ2n) is 3.96. The van der Waals surface area contributed by atoms with Crippen molar-refractivity contribution in [2.24, 2.45) is 0 Å². The molecule has 6 heteroatoms. The first-order chi connectivity index (χ1) is 8.16. The Morgan fingerprint density at radius 1 is 1.65 bits per heavy atom. The molecule has 1 unspecified atom stereocenters. The van der Waals surface area contributed by atoms with E-state index in [1.165, 1.54) is 24.7 Å². The minimum atomic E-state index is -1.04. The fourth-order valence-electron chi connectivity index (χ4n) is 1.75. The molecule has 5 nitrogen and oxygen atoms in total. The monoisotopic (exact) mass is 253 g/mol. The molecule has 17 heavy (non-hydrogen) atoms. The molecule has 1 atom stereocenters. The fraction of sp³-hybridized carbons (Fsp3) is 0.455. The van der Waals surface area contributed by atoms with Gasteiger partial charge in [0.1, 0.15) is 5.82 Å². The molecule has 0 aromatic carbocycles. The molecular weight excluding hydrogens is 238 g/mol.